The van der Waals surface area contributed by atoms with Crippen LogP contribution >= 0.6 is 0 Å². The highest BCUT2D eigenvalue weighted by Gasteiger charge is 1.98. The molecule has 0 bridgehead atoms. The molecular formula is C13H24O2. The lowest BCUT2D eigenvalue weighted by Crippen LogP contribution is -2.01. The minimum atomic E-state index is -0.319. The molecule has 0 unspecified atom stereocenters. The first-order valence-corrected chi connectivity index (χ1v) is 5.84. The Morgan fingerprint density at radius 2 is 2.00 bits per heavy atom. The van der Waals surface area contributed by atoms with Crippen molar-refractivity contribution in [3.8, 4) is 0 Å². The minimum Gasteiger partial charge on any atom is -0.389 e. The highest BCUT2D eigenvalue weighted by molar-refractivity contribution is 5.79. The summed E-state index contributed by atoms with van der Waals surface area (Å²) >= 11 is 0. The predicted molar refractivity (Wildman–Crippen MR) is 63.8 cm³/mol. The summed E-state index contributed by atoms with van der Waals surface area (Å²) in [7, 11) is 0. The predicted octanol–water partition coefficient (Wildman–Crippen LogP) is 3.10. The van der Waals surface area contributed by atoms with E-state index in [4.69, 9.17) is 5.11 Å². The second-order valence-corrected chi connectivity index (χ2v) is 4.57. The molecule has 15 heavy (non-hydrogen) atoms. The van der Waals surface area contributed by atoms with E-state index in [1.54, 1.807) is 0 Å². The van der Waals surface area contributed by atoms with E-state index < -0.39 is 0 Å². The average molecular weight is 212 g/mol. The number of hydrogen-bond acceptors (Lipinski definition) is 2. The lowest BCUT2D eigenvalue weighted by molar-refractivity contribution is -0.121. The van der Waals surface area contributed by atoms with Crippen LogP contribution in [0.4, 0.5) is 0 Å². The molecule has 1 N–H and O–H groups in total. The van der Waals surface area contributed by atoms with Crippen LogP contribution in [-0.4, -0.2) is 17.5 Å². The van der Waals surface area contributed by atoms with Crippen molar-refractivity contribution in [2.75, 3.05) is 6.61 Å². The van der Waals surface area contributed by atoms with Gasteiger partial charge in [-0.2, -0.15) is 0 Å². The lowest BCUT2D eigenvalue weighted by atomic mass is 10.0. The smallest absolute Gasteiger partial charge is 0.158 e. The van der Waals surface area contributed by atoms with E-state index in [1.165, 1.54) is 18.4 Å². The SMILES string of the molecule is CC(=CCCC(=O)CO)CCCC(C)C. The normalized spacial score (nSPS) is 12.2. The summed E-state index contributed by atoms with van der Waals surface area (Å²) in [6.45, 7) is 6.27. The Morgan fingerprint density at radius 3 is 2.53 bits per heavy atom. The summed E-state index contributed by atoms with van der Waals surface area (Å²) < 4.78 is 0. The topological polar surface area (TPSA) is 37.3 Å². The van der Waals surface area contributed by atoms with Crippen molar-refractivity contribution in [3.05, 3.63) is 11.6 Å². The largest absolute Gasteiger partial charge is 0.389 e. The van der Waals surface area contributed by atoms with Gasteiger partial charge in [0.15, 0.2) is 5.78 Å². The Bertz CT molecular complexity index is 205. The van der Waals surface area contributed by atoms with Crippen molar-refractivity contribution in [1.82, 2.24) is 0 Å². The fourth-order valence-electron chi connectivity index (χ4n) is 1.45. The monoisotopic (exact) mass is 212 g/mol. The van der Waals surface area contributed by atoms with Gasteiger partial charge in [-0.3, -0.25) is 4.79 Å². The number of hydrogen-bond donors (Lipinski definition) is 1. The Hall–Kier alpha value is -0.630. The number of aliphatic hydroxyl groups is 1. The highest BCUT2D eigenvalue weighted by Crippen LogP contribution is 2.12. The average Bonchev–Trinajstić information content (AvgIpc) is 2.17. The molecular weight excluding hydrogens is 188 g/mol. The van der Waals surface area contributed by atoms with Crippen LogP contribution in [0.2, 0.25) is 0 Å². The van der Waals surface area contributed by atoms with E-state index in [0.29, 0.717) is 6.42 Å². The van der Waals surface area contributed by atoms with Gasteiger partial charge >= 0.3 is 0 Å². The molecule has 2 nitrogen and oxygen atoms in total. The third-order valence-corrected chi connectivity index (χ3v) is 2.44. The molecule has 0 aliphatic heterocycles. The molecule has 0 spiro atoms. The summed E-state index contributed by atoms with van der Waals surface area (Å²) in [6.07, 6.45) is 6.99. The quantitative estimate of drug-likeness (QED) is 0.628. The molecule has 0 heterocycles. The molecule has 0 rings (SSSR count). The van der Waals surface area contributed by atoms with E-state index in [9.17, 15) is 4.79 Å². The van der Waals surface area contributed by atoms with E-state index in [0.717, 1.165) is 18.8 Å². The standard InChI is InChI=1S/C13H24O2/c1-11(2)6-4-7-12(3)8-5-9-13(15)10-14/h8,11,14H,4-7,9-10H2,1-3H3. The third-order valence-electron chi connectivity index (χ3n) is 2.44. The Balaban J connectivity index is 3.56. The lowest BCUT2D eigenvalue weighted by Gasteiger charge is -2.04. The maximum Gasteiger partial charge on any atom is 0.158 e. The van der Waals surface area contributed by atoms with E-state index in [2.05, 4.69) is 26.8 Å². The summed E-state index contributed by atoms with van der Waals surface area (Å²) in [6, 6.07) is 0. The van der Waals surface area contributed by atoms with Gasteiger partial charge in [0.2, 0.25) is 0 Å². The second-order valence-electron chi connectivity index (χ2n) is 4.57. The number of Topliss-reactive ketones (excluding diaryl/α,β-unsaturated/α-hetero) is 1. The number of allylic oxidation sites excluding steroid dienone is 2. The molecule has 0 saturated carbocycles. The number of rotatable bonds is 8. The van der Waals surface area contributed by atoms with Crippen molar-refractivity contribution in [2.45, 2.75) is 52.9 Å². The zero-order chi connectivity index (χ0) is 11.7. The maximum absolute atomic E-state index is 10.8. The van der Waals surface area contributed by atoms with Crippen molar-refractivity contribution in [1.29, 1.82) is 0 Å². The number of carbonyl (C=O) groups is 1. The van der Waals surface area contributed by atoms with Gasteiger partial charge in [0, 0.05) is 6.42 Å². The van der Waals surface area contributed by atoms with Crippen molar-refractivity contribution >= 4 is 5.78 Å². The molecule has 0 fully saturated rings. The van der Waals surface area contributed by atoms with Crippen LogP contribution < -0.4 is 0 Å². The van der Waals surface area contributed by atoms with Gasteiger partial charge in [-0.15, -0.1) is 0 Å². The van der Waals surface area contributed by atoms with Gasteiger partial charge < -0.3 is 5.11 Å². The van der Waals surface area contributed by atoms with Crippen LogP contribution in [0.5, 0.6) is 0 Å². The summed E-state index contributed by atoms with van der Waals surface area (Å²) in [5, 5.41) is 8.53. The minimum absolute atomic E-state index is 0.0683. The van der Waals surface area contributed by atoms with Crippen LogP contribution in [0, 0.1) is 5.92 Å². The molecule has 0 aliphatic rings. The van der Waals surface area contributed by atoms with Gasteiger partial charge in [0.1, 0.15) is 6.61 Å². The fourth-order valence-corrected chi connectivity index (χ4v) is 1.45. The molecule has 2 heteroatoms. The van der Waals surface area contributed by atoms with Crippen LogP contribution in [0.15, 0.2) is 11.6 Å². The number of aliphatic hydroxyl groups excluding tert-OH is 1. The number of ketones is 1. The zero-order valence-electron chi connectivity index (χ0n) is 10.3. The molecule has 0 amide bonds. The fraction of sp³-hybridized carbons (Fsp3) is 0.769. The number of carbonyl (C=O) groups excluding carboxylic acids is 1. The first-order chi connectivity index (χ1) is 7.06. The molecule has 0 aliphatic carbocycles. The van der Waals surface area contributed by atoms with Gasteiger partial charge in [0.05, 0.1) is 0 Å². The zero-order valence-corrected chi connectivity index (χ0v) is 10.3. The molecule has 0 saturated heterocycles. The second kappa shape index (κ2) is 8.66. The van der Waals surface area contributed by atoms with Crippen LogP contribution in [0.1, 0.15) is 52.9 Å². The van der Waals surface area contributed by atoms with Crippen molar-refractivity contribution in [3.63, 3.8) is 0 Å². The first kappa shape index (κ1) is 14.4. The summed E-state index contributed by atoms with van der Waals surface area (Å²) in [4.78, 5) is 10.8. The first-order valence-electron chi connectivity index (χ1n) is 5.84. The van der Waals surface area contributed by atoms with E-state index in [-0.39, 0.29) is 12.4 Å². The summed E-state index contributed by atoms with van der Waals surface area (Å²) in [5.41, 5.74) is 1.36. The van der Waals surface area contributed by atoms with Crippen LogP contribution in [0.3, 0.4) is 0 Å². The Kier molecular flexibility index (Phi) is 8.30. The Morgan fingerprint density at radius 1 is 1.33 bits per heavy atom. The summed E-state index contributed by atoms with van der Waals surface area (Å²) in [5.74, 6) is 0.704. The molecule has 0 radical (unpaired) electrons. The van der Waals surface area contributed by atoms with Crippen LogP contribution in [-0.2, 0) is 4.79 Å². The molecule has 0 aromatic rings. The third kappa shape index (κ3) is 9.67. The van der Waals surface area contributed by atoms with Crippen LogP contribution in [0.25, 0.3) is 0 Å². The van der Waals surface area contributed by atoms with Gasteiger partial charge in [-0.25, -0.2) is 0 Å². The molecule has 88 valence electrons. The molecule has 0 atom stereocenters. The van der Waals surface area contributed by atoms with E-state index in [1.807, 2.05) is 0 Å². The van der Waals surface area contributed by atoms with Gasteiger partial charge in [-0.1, -0.05) is 31.9 Å². The van der Waals surface area contributed by atoms with Crippen molar-refractivity contribution < 1.29 is 9.90 Å². The Labute approximate surface area is 93.4 Å². The van der Waals surface area contributed by atoms with Gasteiger partial charge in [0.25, 0.3) is 0 Å². The highest BCUT2D eigenvalue weighted by atomic mass is 16.3. The van der Waals surface area contributed by atoms with E-state index >= 15 is 0 Å². The van der Waals surface area contributed by atoms with Crippen molar-refractivity contribution in [2.24, 2.45) is 5.92 Å². The van der Waals surface area contributed by atoms with Gasteiger partial charge in [-0.05, 0) is 32.1 Å². The maximum atomic E-state index is 10.8. The molecule has 0 aromatic carbocycles. The molecule has 0 aromatic heterocycles.